The maximum absolute atomic E-state index is 13.5. The van der Waals surface area contributed by atoms with Crippen molar-refractivity contribution in [1.29, 1.82) is 0 Å². The molecule has 0 aliphatic carbocycles. The van der Waals surface area contributed by atoms with E-state index in [1.54, 1.807) is 12.1 Å². The number of nitrogens with zero attached hydrogens (tertiary/aromatic N) is 1. The maximum Gasteiger partial charge on any atom is 0.129 e. The zero-order valence-electron chi connectivity index (χ0n) is 8.67. The molecule has 1 heterocycles. The molecule has 82 valence electrons. The van der Waals surface area contributed by atoms with Gasteiger partial charge in [0.15, 0.2) is 0 Å². The normalized spacial score (nSPS) is 17.9. The van der Waals surface area contributed by atoms with Crippen LogP contribution >= 0.6 is 0 Å². The zero-order valence-corrected chi connectivity index (χ0v) is 8.67. The van der Waals surface area contributed by atoms with Gasteiger partial charge in [0.25, 0.3) is 0 Å². The van der Waals surface area contributed by atoms with Crippen LogP contribution in [0.3, 0.4) is 0 Å². The van der Waals surface area contributed by atoms with Crippen LogP contribution < -0.4 is 11.1 Å². The molecule has 1 saturated heterocycles. The Hall–Kier alpha value is -1.13. The first-order valence-corrected chi connectivity index (χ1v) is 5.23. The zero-order chi connectivity index (χ0) is 10.7. The molecule has 3 N–H and O–H groups in total. The Labute approximate surface area is 89.1 Å². The van der Waals surface area contributed by atoms with Crippen LogP contribution in [0.1, 0.15) is 5.56 Å². The van der Waals surface area contributed by atoms with Crippen LogP contribution in [0.5, 0.6) is 0 Å². The van der Waals surface area contributed by atoms with E-state index in [1.807, 2.05) is 0 Å². The Bertz CT molecular complexity index is 335. The van der Waals surface area contributed by atoms with E-state index in [1.165, 1.54) is 6.07 Å². The van der Waals surface area contributed by atoms with Crippen LogP contribution in [0.4, 0.5) is 10.1 Å². The van der Waals surface area contributed by atoms with Crippen molar-refractivity contribution in [3.8, 4) is 0 Å². The highest BCUT2D eigenvalue weighted by atomic mass is 19.1. The standard InChI is InChI=1S/C11H16FN3/c12-11-7-10(13)2-1-9(11)8-15-5-3-14-4-6-15/h1-2,7,14H,3-6,8,13H2. The second kappa shape index (κ2) is 4.59. The van der Waals surface area contributed by atoms with Gasteiger partial charge in [-0.05, 0) is 12.1 Å². The molecule has 0 aromatic heterocycles. The molecule has 0 amide bonds. The van der Waals surface area contributed by atoms with Crippen LogP contribution in [0.2, 0.25) is 0 Å². The molecule has 0 saturated carbocycles. The van der Waals surface area contributed by atoms with Crippen molar-refractivity contribution in [3.63, 3.8) is 0 Å². The Morgan fingerprint density at radius 1 is 1.33 bits per heavy atom. The van der Waals surface area contributed by atoms with Crippen molar-refractivity contribution in [3.05, 3.63) is 29.6 Å². The quantitative estimate of drug-likeness (QED) is 0.708. The van der Waals surface area contributed by atoms with Crippen molar-refractivity contribution >= 4 is 5.69 Å². The second-order valence-electron chi connectivity index (χ2n) is 3.88. The molecule has 2 rings (SSSR count). The third-order valence-corrected chi connectivity index (χ3v) is 2.68. The summed E-state index contributed by atoms with van der Waals surface area (Å²) >= 11 is 0. The van der Waals surface area contributed by atoms with Crippen molar-refractivity contribution in [1.82, 2.24) is 10.2 Å². The van der Waals surface area contributed by atoms with Crippen LogP contribution in [0.25, 0.3) is 0 Å². The molecule has 4 heteroatoms. The lowest BCUT2D eigenvalue weighted by Gasteiger charge is -2.27. The monoisotopic (exact) mass is 209 g/mol. The fraction of sp³-hybridized carbons (Fsp3) is 0.455. The summed E-state index contributed by atoms with van der Waals surface area (Å²) in [4.78, 5) is 2.24. The number of rotatable bonds is 2. The van der Waals surface area contributed by atoms with Crippen molar-refractivity contribution in [2.75, 3.05) is 31.9 Å². The van der Waals surface area contributed by atoms with Gasteiger partial charge in [-0.3, -0.25) is 4.90 Å². The number of nitrogen functional groups attached to an aromatic ring is 1. The first-order valence-electron chi connectivity index (χ1n) is 5.23. The molecule has 1 aromatic rings. The molecule has 1 aromatic carbocycles. The highest BCUT2D eigenvalue weighted by molar-refractivity contribution is 5.40. The average Bonchev–Trinajstić information content (AvgIpc) is 2.24. The molecule has 0 atom stereocenters. The summed E-state index contributed by atoms with van der Waals surface area (Å²) in [6, 6.07) is 4.91. The Morgan fingerprint density at radius 3 is 2.73 bits per heavy atom. The van der Waals surface area contributed by atoms with E-state index in [2.05, 4.69) is 10.2 Å². The molecule has 0 bridgehead atoms. The number of nitrogens with one attached hydrogen (secondary N) is 1. The number of nitrogens with two attached hydrogens (primary N) is 1. The minimum absolute atomic E-state index is 0.200. The van der Waals surface area contributed by atoms with Crippen molar-refractivity contribution < 1.29 is 4.39 Å². The summed E-state index contributed by atoms with van der Waals surface area (Å²) < 4.78 is 13.5. The number of benzene rings is 1. The van der Waals surface area contributed by atoms with Crippen LogP contribution in [0.15, 0.2) is 18.2 Å². The predicted octanol–water partition coefficient (Wildman–Crippen LogP) is 0.813. The van der Waals surface area contributed by atoms with Crippen LogP contribution in [0, 0.1) is 5.82 Å². The van der Waals surface area contributed by atoms with Gasteiger partial charge in [-0.15, -0.1) is 0 Å². The van der Waals surface area contributed by atoms with Crippen molar-refractivity contribution in [2.24, 2.45) is 0 Å². The van der Waals surface area contributed by atoms with Gasteiger partial charge in [-0.2, -0.15) is 0 Å². The van der Waals surface area contributed by atoms with E-state index >= 15 is 0 Å². The Balaban J connectivity index is 2.03. The number of halogens is 1. The number of piperazine rings is 1. The Morgan fingerprint density at radius 2 is 2.07 bits per heavy atom. The van der Waals surface area contributed by atoms with E-state index in [0.717, 1.165) is 31.7 Å². The largest absolute Gasteiger partial charge is 0.399 e. The van der Waals surface area contributed by atoms with E-state index in [4.69, 9.17) is 5.73 Å². The fourth-order valence-electron chi connectivity index (χ4n) is 1.80. The lowest BCUT2D eigenvalue weighted by atomic mass is 10.1. The van der Waals surface area contributed by atoms with E-state index in [0.29, 0.717) is 12.2 Å². The van der Waals surface area contributed by atoms with Gasteiger partial charge in [0.05, 0.1) is 0 Å². The van der Waals surface area contributed by atoms with E-state index < -0.39 is 0 Å². The molecule has 1 fully saturated rings. The number of anilines is 1. The van der Waals surface area contributed by atoms with Crippen LogP contribution in [-0.4, -0.2) is 31.1 Å². The molecule has 1 aliphatic rings. The lowest BCUT2D eigenvalue weighted by Crippen LogP contribution is -2.43. The first-order chi connectivity index (χ1) is 7.25. The maximum atomic E-state index is 13.5. The average molecular weight is 209 g/mol. The SMILES string of the molecule is Nc1ccc(CN2CCNCC2)c(F)c1. The summed E-state index contributed by atoms with van der Waals surface area (Å²) in [6.45, 7) is 4.59. The summed E-state index contributed by atoms with van der Waals surface area (Å²) in [5.41, 5.74) is 6.71. The lowest BCUT2D eigenvalue weighted by molar-refractivity contribution is 0.230. The highest BCUT2D eigenvalue weighted by Gasteiger charge is 2.12. The van der Waals surface area contributed by atoms with Crippen LogP contribution in [-0.2, 0) is 6.54 Å². The third kappa shape index (κ3) is 2.67. The van der Waals surface area contributed by atoms with Gasteiger partial charge in [0.1, 0.15) is 5.82 Å². The molecule has 3 nitrogen and oxygen atoms in total. The highest BCUT2D eigenvalue weighted by Crippen LogP contribution is 2.14. The summed E-state index contributed by atoms with van der Waals surface area (Å²) in [5.74, 6) is -0.200. The predicted molar refractivity (Wildman–Crippen MR) is 59.0 cm³/mol. The van der Waals surface area contributed by atoms with Gasteiger partial charge in [-0.1, -0.05) is 6.07 Å². The van der Waals surface area contributed by atoms with E-state index in [9.17, 15) is 4.39 Å². The minimum atomic E-state index is -0.200. The minimum Gasteiger partial charge on any atom is -0.399 e. The fourth-order valence-corrected chi connectivity index (χ4v) is 1.80. The topological polar surface area (TPSA) is 41.3 Å². The molecule has 15 heavy (non-hydrogen) atoms. The number of hydrogen-bond acceptors (Lipinski definition) is 3. The van der Waals surface area contributed by atoms with Gasteiger partial charge in [-0.25, -0.2) is 4.39 Å². The molecular formula is C11H16FN3. The molecular weight excluding hydrogens is 193 g/mol. The Kier molecular flexibility index (Phi) is 3.18. The molecule has 1 aliphatic heterocycles. The van der Waals surface area contributed by atoms with Gasteiger partial charge in [0, 0.05) is 44.0 Å². The van der Waals surface area contributed by atoms with Gasteiger partial charge >= 0.3 is 0 Å². The van der Waals surface area contributed by atoms with Gasteiger partial charge < -0.3 is 11.1 Å². The van der Waals surface area contributed by atoms with E-state index in [-0.39, 0.29) is 5.82 Å². The summed E-state index contributed by atoms with van der Waals surface area (Å²) in [5, 5.41) is 3.27. The summed E-state index contributed by atoms with van der Waals surface area (Å²) in [7, 11) is 0. The van der Waals surface area contributed by atoms with Crippen molar-refractivity contribution in [2.45, 2.75) is 6.54 Å². The summed E-state index contributed by atoms with van der Waals surface area (Å²) in [6.07, 6.45) is 0. The second-order valence-corrected chi connectivity index (χ2v) is 3.88. The number of hydrogen-bond donors (Lipinski definition) is 2. The molecule has 0 spiro atoms. The molecule has 0 unspecified atom stereocenters. The smallest absolute Gasteiger partial charge is 0.129 e. The molecule has 0 radical (unpaired) electrons. The van der Waals surface area contributed by atoms with Gasteiger partial charge in [0.2, 0.25) is 0 Å². The first kappa shape index (κ1) is 10.4. The third-order valence-electron chi connectivity index (χ3n) is 2.68.